The Hall–Kier alpha value is -1.83. The lowest BCUT2D eigenvalue weighted by atomic mass is 10.3. The summed E-state index contributed by atoms with van der Waals surface area (Å²) in [7, 11) is 0. The molecule has 0 rings (SSSR count). The summed E-state index contributed by atoms with van der Waals surface area (Å²) >= 11 is 0. The van der Waals surface area contributed by atoms with E-state index in [0.29, 0.717) is 0 Å². The fourth-order valence-electron chi connectivity index (χ4n) is 0.453. The van der Waals surface area contributed by atoms with Crippen molar-refractivity contribution in [1.29, 1.82) is 5.26 Å². The molecular formula is C8H9NO4. The van der Waals surface area contributed by atoms with Crippen molar-refractivity contribution in [1.82, 2.24) is 0 Å². The van der Waals surface area contributed by atoms with E-state index in [0.717, 1.165) is 0 Å². The zero-order valence-corrected chi connectivity index (χ0v) is 7.20. The predicted octanol–water partition coefficient (Wildman–Crippen LogP) is 0.172. The number of hydrogen-bond donors (Lipinski definition) is 0. The van der Waals surface area contributed by atoms with Crippen LogP contribution in [0.15, 0.2) is 12.2 Å². The predicted molar refractivity (Wildman–Crippen MR) is 42.3 cm³/mol. The van der Waals surface area contributed by atoms with Gasteiger partial charge in [0.15, 0.2) is 0 Å². The largest absolute Gasteiger partial charge is 0.462 e. The third-order valence-electron chi connectivity index (χ3n) is 1.00. The average Bonchev–Trinajstić information content (AvgIpc) is 2.10. The SMILES string of the molecule is C=C(C#N)C(=O)OCCOC(C)=O. The summed E-state index contributed by atoms with van der Waals surface area (Å²) in [5.74, 6) is -1.25. The second-order valence-corrected chi connectivity index (χ2v) is 2.07. The smallest absolute Gasteiger partial charge is 0.348 e. The molecule has 0 amide bonds. The number of rotatable bonds is 4. The molecule has 0 aliphatic heterocycles. The minimum atomic E-state index is -0.797. The van der Waals surface area contributed by atoms with Crippen molar-refractivity contribution in [3.8, 4) is 6.07 Å². The first-order chi connectivity index (χ1) is 6.07. The van der Waals surface area contributed by atoms with Crippen molar-refractivity contribution in [3.63, 3.8) is 0 Å². The lowest BCUT2D eigenvalue weighted by Crippen LogP contribution is -2.12. The van der Waals surface area contributed by atoms with E-state index < -0.39 is 11.9 Å². The molecule has 0 aromatic heterocycles. The van der Waals surface area contributed by atoms with Crippen molar-refractivity contribution >= 4 is 11.9 Å². The van der Waals surface area contributed by atoms with Crippen molar-refractivity contribution in [2.75, 3.05) is 13.2 Å². The van der Waals surface area contributed by atoms with Crippen LogP contribution >= 0.6 is 0 Å². The molecule has 13 heavy (non-hydrogen) atoms. The highest BCUT2D eigenvalue weighted by molar-refractivity contribution is 5.91. The van der Waals surface area contributed by atoms with Gasteiger partial charge in [0.2, 0.25) is 0 Å². The van der Waals surface area contributed by atoms with Crippen LogP contribution < -0.4 is 0 Å². The van der Waals surface area contributed by atoms with Crippen LogP contribution in [-0.2, 0) is 19.1 Å². The van der Waals surface area contributed by atoms with Gasteiger partial charge in [-0.1, -0.05) is 6.58 Å². The van der Waals surface area contributed by atoms with Crippen molar-refractivity contribution in [3.05, 3.63) is 12.2 Å². The van der Waals surface area contributed by atoms with Gasteiger partial charge >= 0.3 is 11.9 Å². The Morgan fingerprint density at radius 2 is 1.92 bits per heavy atom. The molecular weight excluding hydrogens is 174 g/mol. The number of ether oxygens (including phenoxy) is 2. The molecule has 0 aliphatic carbocycles. The van der Waals surface area contributed by atoms with Gasteiger partial charge in [-0.2, -0.15) is 5.26 Å². The molecule has 70 valence electrons. The molecule has 0 atom stereocenters. The molecule has 0 unspecified atom stereocenters. The number of nitrogens with zero attached hydrogens (tertiary/aromatic N) is 1. The van der Waals surface area contributed by atoms with Crippen molar-refractivity contribution in [2.24, 2.45) is 0 Å². The zero-order valence-electron chi connectivity index (χ0n) is 7.20. The van der Waals surface area contributed by atoms with Crippen molar-refractivity contribution in [2.45, 2.75) is 6.92 Å². The van der Waals surface area contributed by atoms with Gasteiger partial charge in [-0.15, -0.1) is 0 Å². The molecule has 5 heteroatoms. The molecule has 0 aromatic carbocycles. The van der Waals surface area contributed by atoms with E-state index in [2.05, 4.69) is 16.1 Å². The molecule has 0 radical (unpaired) electrons. The Labute approximate surface area is 75.5 Å². The van der Waals surface area contributed by atoms with Gasteiger partial charge in [0.1, 0.15) is 24.9 Å². The van der Waals surface area contributed by atoms with E-state index in [1.165, 1.54) is 13.0 Å². The number of carbonyl (C=O) groups excluding carboxylic acids is 2. The van der Waals surface area contributed by atoms with Crippen LogP contribution in [0.2, 0.25) is 0 Å². The molecule has 0 aliphatic rings. The molecule has 0 saturated carbocycles. The summed E-state index contributed by atoms with van der Waals surface area (Å²) in [6, 6.07) is 1.54. The highest BCUT2D eigenvalue weighted by atomic mass is 16.6. The highest BCUT2D eigenvalue weighted by Crippen LogP contribution is 1.91. The number of nitriles is 1. The van der Waals surface area contributed by atoms with E-state index >= 15 is 0 Å². The first kappa shape index (κ1) is 11.2. The normalized spacial score (nSPS) is 8.31. The first-order valence-electron chi connectivity index (χ1n) is 3.47. The van der Waals surface area contributed by atoms with Gasteiger partial charge in [-0.3, -0.25) is 4.79 Å². The van der Waals surface area contributed by atoms with E-state index in [9.17, 15) is 9.59 Å². The van der Waals surface area contributed by atoms with Crippen molar-refractivity contribution < 1.29 is 19.1 Å². The Bertz CT molecular complexity index is 264. The average molecular weight is 183 g/mol. The minimum Gasteiger partial charge on any atom is -0.462 e. The Morgan fingerprint density at radius 1 is 1.38 bits per heavy atom. The van der Waals surface area contributed by atoms with Crippen LogP contribution in [0.5, 0.6) is 0 Å². The standard InChI is InChI=1S/C8H9NO4/c1-6(5-9)8(11)13-4-3-12-7(2)10/h1,3-4H2,2H3. The second-order valence-electron chi connectivity index (χ2n) is 2.07. The topological polar surface area (TPSA) is 76.4 Å². The molecule has 0 N–H and O–H groups in total. The van der Waals surface area contributed by atoms with Crippen LogP contribution in [0, 0.1) is 11.3 Å². The molecule has 0 saturated heterocycles. The summed E-state index contributed by atoms with van der Waals surface area (Å²) < 4.78 is 8.98. The Balaban J connectivity index is 3.56. The second kappa shape index (κ2) is 5.77. The summed E-state index contributed by atoms with van der Waals surface area (Å²) in [6.07, 6.45) is 0. The van der Waals surface area contributed by atoms with Crippen LogP contribution in [0.4, 0.5) is 0 Å². The molecule has 0 fully saturated rings. The zero-order chi connectivity index (χ0) is 10.3. The molecule has 0 spiro atoms. The third-order valence-corrected chi connectivity index (χ3v) is 1.00. The summed E-state index contributed by atoms with van der Waals surface area (Å²) in [5.41, 5.74) is -0.275. The highest BCUT2D eigenvalue weighted by Gasteiger charge is 2.06. The summed E-state index contributed by atoms with van der Waals surface area (Å²) in [6.45, 7) is 4.31. The van der Waals surface area contributed by atoms with Crippen LogP contribution in [0.3, 0.4) is 0 Å². The maximum Gasteiger partial charge on any atom is 0.348 e. The Morgan fingerprint density at radius 3 is 2.38 bits per heavy atom. The molecule has 5 nitrogen and oxygen atoms in total. The molecule has 0 bridgehead atoms. The summed E-state index contributed by atoms with van der Waals surface area (Å²) in [4.78, 5) is 21.0. The lowest BCUT2D eigenvalue weighted by Gasteiger charge is -2.02. The van der Waals surface area contributed by atoms with E-state index in [1.807, 2.05) is 0 Å². The monoisotopic (exact) mass is 183 g/mol. The maximum atomic E-state index is 10.7. The van der Waals surface area contributed by atoms with Crippen LogP contribution in [0.1, 0.15) is 6.92 Å². The van der Waals surface area contributed by atoms with Crippen LogP contribution in [-0.4, -0.2) is 25.2 Å². The van der Waals surface area contributed by atoms with E-state index in [1.54, 1.807) is 0 Å². The maximum absolute atomic E-state index is 10.7. The van der Waals surface area contributed by atoms with Gasteiger partial charge in [-0.25, -0.2) is 4.79 Å². The molecule has 0 aromatic rings. The van der Waals surface area contributed by atoms with Gasteiger partial charge in [0.25, 0.3) is 0 Å². The van der Waals surface area contributed by atoms with E-state index in [-0.39, 0.29) is 18.8 Å². The fraction of sp³-hybridized carbons (Fsp3) is 0.375. The Kier molecular flexibility index (Phi) is 4.96. The fourth-order valence-corrected chi connectivity index (χ4v) is 0.453. The van der Waals surface area contributed by atoms with E-state index in [4.69, 9.17) is 5.26 Å². The number of carbonyl (C=O) groups is 2. The third kappa shape index (κ3) is 5.44. The van der Waals surface area contributed by atoms with Gasteiger partial charge in [0.05, 0.1) is 0 Å². The number of hydrogen-bond acceptors (Lipinski definition) is 5. The first-order valence-corrected chi connectivity index (χ1v) is 3.47. The quantitative estimate of drug-likeness (QED) is 0.269. The number of esters is 2. The van der Waals surface area contributed by atoms with Gasteiger partial charge < -0.3 is 9.47 Å². The summed E-state index contributed by atoms with van der Waals surface area (Å²) in [5, 5.41) is 8.21. The van der Waals surface area contributed by atoms with Gasteiger partial charge in [0, 0.05) is 6.92 Å². The van der Waals surface area contributed by atoms with Gasteiger partial charge in [-0.05, 0) is 0 Å². The molecule has 0 heterocycles. The van der Waals surface area contributed by atoms with Crippen LogP contribution in [0.25, 0.3) is 0 Å². The minimum absolute atomic E-state index is 0.0141. The lowest BCUT2D eigenvalue weighted by molar-refractivity contribution is -0.148.